The van der Waals surface area contributed by atoms with Gasteiger partial charge in [0.05, 0.1) is 11.2 Å². The van der Waals surface area contributed by atoms with Crippen LogP contribution in [0.3, 0.4) is 0 Å². The van der Waals surface area contributed by atoms with Gasteiger partial charge in [-0.05, 0) is 59.5 Å². The average Bonchev–Trinajstić information content (AvgIpc) is 2.72. The molecule has 1 fully saturated rings. The number of amides is 2. The molecular formula is C19H31BN2O6. The molecule has 28 heavy (non-hydrogen) atoms. The van der Waals surface area contributed by atoms with E-state index in [0.717, 1.165) is 11.0 Å². The van der Waals surface area contributed by atoms with E-state index in [1.165, 1.54) is 0 Å². The highest BCUT2D eigenvalue weighted by Crippen LogP contribution is 2.36. The zero-order chi connectivity index (χ0) is 21.8. The molecule has 0 aromatic heterocycles. The maximum Gasteiger partial charge on any atom is 0.494 e. The number of carboxylic acid groups (broad SMARTS) is 1. The topological polar surface area (TPSA) is 120 Å². The van der Waals surface area contributed by atoms with Crippen LogP contribution in [-0.4, -0.2) is 41.2 Å². The molecule has 0 aliphatic carbocycles. The van der Waals surface area contributed by atoms with Gasteiger partial charge < -0.3 is 30.2 Å². The molecule has 1 saturated heterocycles. The maximum atomic E-state index is 10.5. The second-order valence-electron chi connectivity index (χ2n) is 8.53. The molecule has 0 unspecified atom stereocenters. The molecule has 1 aromatic carbocycles. The second kappa shape index (κ2) is 8.83. The molecule has 0 bridgehead atoms. The third-order valence-corrected chi connectivity index (χ3v) is 4.33. The van der Waals surface area contributed by atoms with Crippen LogP contribution in [-0.2, 0) is 20.6 Å². The molecule has 0 saturated carbocycles. The summed E-state index contributed by atoms with van der Waals surface area (Å²) in [5.74, 6) is 0. The Hall–Kier alpha value is -2.26. The molecule has 9 heteroatoms. The van der Waals surface area contributed by atoms with Crippen molar-refractivity contribution in [2.75, 3.05) is 0 Å². The molecule has 0 spiro atoms. The number of nitrogens with one attached hydrogen (secondary N) is 1. The molecular weight excluding hydrogens is 363 g/mol. The summed E-state index contributed by atoms with van der Waals surface area (Å²) in [7, 11) is -0.426. The lowest BCUT2D eigenvalue weighted by atomic mass is 9.78. The van der Waals surface area contributed by atoms with E-state index < -0.39 is 24.9 Å². The van der Waals surface area contributed by atoms with E-state index in [-0.39, 0.29) is 17.7 Å². The Bertz CT molecular complexity index is 684. The Labute approximate surface area is 166 Å². The van der Waals surface area contributed by atoms with Gasteiger partial charge in [0.1, 0.15) is 5.60 Å². The Morgan fingerprint density at radius 2 is 1.71 bits per heavy atom. The van der Waals surface area contributed by atoms with Gasteiger partial charge in [0, 0.05) is 6.54 Å². The Morgan fingerprint density at radius 1 is 1.18 bits per heavy atom. The van der Waals surface area contributed by atoms with Crippen molar-refractivity contribution in [2.24, 2.45) is 5.73 Å². The Morgan fingerprint density at radius 3 is 2.11 bits per heavy atom. The summed E-state index contributed by atoms with van der Waals surface area (Å²) in [4.78, 5) is 20.5. The molecule has 2 rings (SSSR count). The molecule has 1 aliphatic heterocycles. The first-order chi connectivity index (χ1) is 12.6. The van der Waals surface area contributed by atoms with Gasteiger partial charge in [0.15, 0.2) is 0 Å². The number of carbonyl (C=O) groups excluding carboxylic acids is 1. The van der Waals surface area contributed by atoms with Crippen LogP contribution in [0.2, 0.25) is 0 Å². The van der Waals surface area contributed by atoms with Gasteiger partial charge in [-0.2, -0.15) is 0 Å². The molecule has 0 atom stereocenters. The van der Waals surface area contributed by atoms with Gasteiger partial charge in [0.25, 0.3) is 0 Å². The minimum Gasteiger partial charge on any atom is -0.465 e. The van der Waals surface area contributed by atoms with Crippen LogP contribution in [0.25, 0.3) is 0 Å². The minimum absolute atomic E-state index is 0.267. The largest absolute Gasteiger partial charge is 0.494 e. The zero-order valence-corrected chi connectivity index (χ0v) is 17.7. The van der Waals surface area contributed by atoms with Crippen molar-refractivity contribution >= 4 is 24.8 Å². The van der Waals surface area contributed by atoms with E-state index in [9.17, 15) is 9.59 Å². The van der Waals surface area contributed by atoms with Crippen molar-refractivity contribution < 1.29 is 28.7 Å². The van der Waals surface area contributed by atoms with Crippen LogP contribution in [0.1, 0.15) is 54.0 Å². The van der Waals surface area contributed by atoms with E-state index in [2.05, 4.69) is 10.1 Å². The van der Waals surface area contributed by atoms with Gasteiger partial charge in [-0.25, -0.2) is 9.59 Å². The van der Waals surface area contributed by atoms with Gasteiger partial charge >= 0.3 is 19.3 Å². The van der Waals surface area contributed by atoms with E-state index in [4.69, 9.17) is 20.1 Å². The summed E-state index contributed by atoms with van der Waals surface area (Å²) in [5, 5.41) is 11.0. The molecule has 1 aliphatic rings. The van der Waals surface area contributed by atoms with E-state index in [0.29, 0.717) is 0 Å². The summed E-state index contributed by atoms with van der Waals surface area (Å²) in [6.45, 7) is 13.6. The second-order valence-corrected chi connectivity index (χ2v) is 8.53. The number of hydrogen-bond donors (Lipinski definition) is 3. The van der Waals surface area contributed by atoms with Crippen molar-refractivity contribution in [2.45, 2.75) is 71.8 Å². The SMILES string of the molecule is CC(C)(C)OC(N)=O.CC1(C)OB(c2cccc(CNC(=O)O)c2)OC1(C)C. The van der Waals surface area contributed by atoms with E-state index in [1.54, 1.807) is 20.8 Å². The summed E-state index contributed by atoms with van der Waals surface area (Å²) in [5.41, 5.74) is 5.27. The number of primary amides is 1. The number of ether oxygens (including phenoxy) is 1. The van der Waals surface area contributed by atoms with Crippen LogP contribution in [0.15, 0.2) is 24.3 Å². The maximum absolute atomic E-state index is 10.5. The monoisotopic (exact) mass is 394 g/mol. The quantitative estimate of drug-likeness (QED) is 0.678. The average molecular weight is 394 g/mol. The Balaban J connectivity index is 0.000000416. The molecule has 4 N–H and O–H groups in total. The standard InChI is InChI=1S/C14H20BNO4.C5H11NO2/c1-13(2)14(3,4)20-15(19-13)11-7-5-6-10(8-11)9-16-12(17)18;1-5(2,3)8-4(6)7/h5-8,16H,9H2,1-4H3,(H,17,18);1-3H3,(H2,6,7). The van der Waals surface area contributed by atoms with E-state index >= 15 is 0 Å². The van der Waals surface area contributed by atoms with Crippen LogP contribution < -0.4 is 16.5 Å². The number of rotatable bonds is 3. The molecule has 1 heterocycles. The van der Waals surface area contributed by atoms with Crippen LogP contribution in [0.4, 0.5) is 9.59 Å². The highest BCUT2D eigenvalue weighted by Gasteiger charge is 2.51. The molecule has 8 nitrogen and oxygen atoms in total. The highest BCUT2D eigenvalue weighted by atomic mass is 16.7. The van der Waals surface area contributed by atoms with Crippen LogP contribution >= 0.6 is 0 Å². The first-order valence-electron chi connectivity index (χ1n) is 9.03. The summed E-state index contributed by atoms with van der Waals surface area (Å²) in [6, 6.07) is 7.56. The number of hydrogen-bond acceptors (Lipinski definition) is 5. The Kier molecular flexibility index (Phi) is 7.50. The highest BCUT2D eigenvalue weighted by molar-refractivity contribution is 6.62. The molecule has 156 valence electrons. The van der Waals surface area contributed by atoms with Crippen molar-refractivity contribution in [3.05, 3.63) is 29.8 Å². The number of nitrogens with two attached hydrogens (primary N) is 1. The van der Waals surface area contributed by atoms with Crippen molar-refractivity contribution in [3.8, 4) is 0 Å². The summed E-state index contributed by atoms with van der Waals surface area (Å²) >= 11 is 0. The third-order valence-electron chi connectivity index (χ3n) is 4.33. The van der Waals surface area contributed by atoms with Gasteiger partial charge in [0.2, 0.25) is 0 Å². The fourth-order valence-corrected chi connectivity index (χ4v) is 2.31. The van der Waals surface area contributed by atoms with Crippen LogP contribution in [0, 0.1) is 0 Å². The van der Waals surface area contributed by atoms with E-state index in [1.807, 2.05) is 52.0 Å². The smallest absolute Gasteiger partial charge is 0.465 e. The van der Waals surface area contributed by atoms with Crippen LogP contribution in [0.5, 0.6) is 0 Å². The van der Waals surface area contributed by atoms with Crippen molar-refractivity contribution in [1.29, 1.82) is 0 Å². The minimum atomic E-state index is -1.04. The lowest BCUT2D eigenvalue weighted by Gasteiger charge is -2.32. The van der Waals surface area contributed by atoms with Gasteiger partial charge in [-0.15, -0.1) is 0 Å². The first-order valence-corrected chi connectivity index (χ1v) is 9.03. The number of carbonyl (C=O) groups is 2. The fourth-order valence-electron chi connectivity index (χ4n) is 2.31. The lowest BCUT2D eigenvalue weighted by Crippen LogP contribution is -2.41. The fraction of sp³-hybridized carbons (Fsp3) is 0.579. The first kappa shape index (κ1) is 23.8. The van der Waals surface area contributed by atoms with Crippen molar-refractivity contribution in [1.82, 2.24) is 5.32 Å². The van der Waals surface area contributed by atoms with Crippen molar-refractivity contribution in [3.63, 3.8) is 0 Å². The zero-order valence-electron chi connectivity index (χ0n) is 17.7. The normalized spacial score (nSPS) is 17.3. The summed E-state index contributed by atoms with van der Waals surface area (Å²) in [6.07, 6.45) is -1.76. The molecule has 1 aromatic rings. The lowest BCUT2D eigenvalue weighted by molar-refractivity contribution is 0.00578. The predicted octanol–water partition coefficient (Wildman–Crippen LogP) is 2.63. The van der Waals surface area contributed by atoms with Gasteiger partial charge in [-0.3, -0.25) is 0 Å². The summed E-state index contributed by atoms with van der Waals surface area (Å²) < 4.78 is 16.5. The third kappa shape index (κ3) is 7.40. The number of benzene rings is 1. The van der Waals surface area contributed by atoms with Gasteiger partial charge in [-0.1, -0.05) is 24.3 Å². The molecule has 2 amide bonds. The molecule has 0 radical (unpaired) electrons. The predicted molar refractivity (Wildman–Crippen MR) is 107 cm³/mol.